The number of amides is 1. The number of hydrogen-bond donors (Lipinski definition) is 1. The molecular formula is C18H17N3O2S. The largest absolute Gasteiger partial charge is 0.497 e. The standard InChI is InChI=1S/C18H17N3O2S/c1-23-15-10-6-7-13(11-15)20-17(22)16-12-19-18(24-2)21(16)14-8-4-3-5-9-14/h3-12H,1-2H3,(H,20,22). The van der Waals surface area contributed by atoms with Crippen LogP contribution in [0.15, 0.2) is 66.0 Å². The van der Waals surface area contributed by atoms with E-state index >= 15 is 0 Å². The molecule has 5 nitrogen and oxygen atoms in total. The van der Waals surface area contributed by atoms with Gasteiger partial charge in [0.2, 0.25) is 0 Å². The molecule has 24 heavy (non-hydrogen) atoms. The molecule has 0 unspecified atom stereocenters. The maximum Gasteiger partial charge on any atom is 0.274 e. The fourth-order valence-electron chi connectivity index (χ4n) is 2.36. The zero-order valence-corrected chi connectivity index (χ0v) is 14.2. The Morgan fingerprint density at radius 3 is 2.67 bits per heavy atom. The Bertz CT molecular complexity index is 846. The molecule has 0 atom stereocenters. The van der Waals surface area contributed by atoms with Gasteiger partial charge in [0.1, 0.15) is 11.4 Å². The first kappa shape index (κ1) is 16.1. The van der Waals surface area contributed by atoms with Crippen molar-refractivity contribution in [2.75, 3.05) is 18.7 Å². The van der Waals surface area contributed by atoms with Crippen molar-refractivity contribution in [1.29, 1.82) is 0 Å². The molecule has 0 fully saturated rings. The predicted molar refractivity (Wildman–Crippen MR) is 96.3 cm³/mol. The molecule has 122 valence electrons. The van der Waals surface area contributed by atoms with Crippen molar-refractivity contribution in [3.63, 3.8) is 0 Å². The number of anilines is 1. The number of imidazole rings is 1. The predicted octanol–water partition coefficient (Wildman–Crippen LogP) is 3.86. The van der Waals surface area contributed by atoms with Gasteiger partial charge in [-0.3, -0.25) is 9.36 Å². The van der Waals surface area contributed by atoms with E-state index in [2.05, 4.69) is 10.3 Å². The fraction of sp³-hybridized carbons (Fsp3) is 0.111. The van der Waals surface area contributed by atoms with E-state index in [4.69, 9.17) is 4.74 Å². The highest BCUT2D eigenvalue weighted by atomic mass is 32.2. The lowest BCUT2D eigenvalue weighted by Crippen LogP contribution is -2.16. The number of hydrogen-bond acceptors (Lipinski definition) is 4. The third-order valence-corrected chi connectivity index (χ3v) is 4.14. The van der Waals surface area contributed by atoms with E-state index in [1.807, 2.05) is 59.4 Å². The summed E-state index contributed by atoms with van der Waals surface area (Å²) in [7, 11) is 1.59. The smallest absolute Gasteiger partial charge is 0.274 e. The molecule has 0 saturated heterocycles. The summed E-state index contributed by atoms with van der Waals surface area (Å²) in [6, 6.07) is 17.0. The number of aromatic nitrogens is 2. The van der Waals surface area contributed by atoms with Crippen molar-refractivity contribution in [2.24, 2.45) is 0 Å². The van der Waals surface area contributed by atoms with Crippen molar-refractivity contribution in [3.05, 3.63) is 66.5 Å². The van der Waals surface area contributed by atoms with Gasteiger partial charge in [0, 0.05) is 17.4 Å². The van der Waals surface area contributed by atoms with Gasteiger partial charge in [-0.1, -0.05) is 36.0 Å². The van der Waals surface area contributed by atoms with Gasteiger partial charge in [-0.25, -0.2) is 4.98 Å². The average molecular weight is 339 g/mol. The molecule has 1 heterocycles. The molecule has 0 saturated carbocycles. The van der Waals surface area contributed by atoms with E-state index in [0.29, 0.717) is 17.1 Å². The van der Waals surface area contributed by atoms with Crippen LogP contribution in [0.1, 0.15) is 10.5 Å². The van der Waals surface area contributed by atoms with E-state index in [0.717, 1.165) is 10.8 Å². The highest BCUT2D eigenvalue weighted by molar-refractivity contribution is 7.98. The van der Waals surface area contributed by atoms with Crippen molar-refractivity contribution in [3.8, 4) is 11.4 Å². The first-order valence-corrected chi connectivity index (χ1v) is 8.58. The van der Waals surface area contributed by atoms with Crippen LogP contribution < -0.4 is 10.1 Å². The lowest BCUT2D eigenvalue weighted by Gasteiger charge is -2.11. The molecule has 1 N–H and O–H groups in total. The molecule has 1 aromatic heterocycles. The molecule has 0 bridgehead atoms. The van der Waals surface area contributed by atoms with Gasteiger partial charge in [0.25, 0.3) is 5.91 Å². The number of benzene rings is 2. The second kappa shape index (κ2) is 7.23. The molecule has 0 radical (unpaired) electrons. The molecule has 2 aromatic carbocycles. The normalized spacial score (nSPS) is 10.4. The number of ether oxygens (including phenoxy) is 1. The van der Waals surface area contributed by atoms with E-state index in [9.17, 15) is 4.79 Å². The minimum absolute atomic E-state index is 0.222. The van der Waals surface area contributed by atoms with E-state index in [1.165, 1.54) is 11.8 Å². The number of carbonyl (C=O) groups excluding carboxylic acids is 1. The van der Waals surface area contributed by atoms with Crippen molar-refractivity contribution >= 4 is 23.4 Å². The number of para-hydroxylation sites is 1. The van der Waals surface area contributed by atoms with Crippen LogP contribution in [0.3, 0.4) is 0 Å². The Hall–Kier alpha value is -2.73. The Morgan fingerprint density at radius 1 is 1.17 bits per heavy atom. The van der Waals surface area contributed by atoms with Crippen LogP contribution >= 0.6 is 11.8 Å². The Balaban J connectivity index is 1.94. The zero-order valence-electron chi connectivity index (χ0n) is 13.4. The molecule has 0 aliphatic carbocycles. The quantitative estimate of drug-likeness (QED) is 0.717. The summed E-state index contributed by atoms with van der Waals surface area (Å²) in [6.07, 6.45) is 3.53. The molecule has 0 aliphatic rings. The van der Waals surface area contributed by atoms with Crippen LogP contribution in [0.4, 0.5) is 5.69 Å². The van der Waals surface area contributed by atoms with Gasteiger partial charge in [0.15, 0.2) is 5.16 Å². The third kappa shape index (κ3) is 3.28. The summed E-state index contributed by atoms with van der Waals surface area (Å²) in [6.45, 7) is 0. The number of nitrogens with one attached hydrogen (secondary N) is 1. The summed E-state index contributed by atoms with van der Waals surface area (Å²) >= 11 is 1.49. The lowest BCUT2D eigenvalue weighted by atomic mass is 10.2. The van der Waals surface area contributed by atoms with Gasteiger partial charge in [0.05, 0.1) is 13.3 Å². The summed E-state index contributed by atoms with van der Waals surface area (Å²) in [5, 5.41) is 3.65. The number of thioether (sulfide) groups is 1. The maximum atomic E-state index is 12.7. The van der Waals surface area contributed by atoms with Crippen LogP contribution in [-0.2, 0) is 0 Å². The summed E-state index contributed by atoms with van der Waals surface area (Å²) in [4.78, 5) is 17.1. The molecule has 0 spiro atoms. The number of rotatable bonds is 5. The number of nitrogens with zero attached hydrogens (tertiary/aromatic N) is 2. The third-order valence-electron chi connectivity index (χ3n) is 3.49. The van der Waals surface area contributed by atoms with Crippen LogP contribution in [0.25, 0.3) is 5.69 Å². The second-order valence-electron chi connectivity index (χ2n) is 4.99. The Labute approximate surface area is 144 Å². The second-order valence-corrected chi connectivity index (χ2v) is 5.76. The monoisotopic (exact) mass is 339 g/mol. The van der Waals surface area contributed by atoms with Crippen LogP contribution in [-0.4, -0.2) is 28.8 Å². The Morgan fingerprint density at radius 2 is 1.96 bits per heavy atom. The van der Waals surface area contributed by atoms with Crippen LogP contribution in [0.2, 0.25) is 0 Å². The van der Waals surface area contributed by atoms with Gasteiger partial charge < -0.3 is 10.1 Å². The number of methoxy groups -OCH3 is 1. The van der Waals surface area contributed by atoms with Gasteiger partial charge >= 0.3 is 0 Å². The first-order valence-electron chi connectivity index (χ1n) is 7.35. The summed E-state index contributed by atoms with van der Waals surface area (Å²) in [5.74, 6) is 0.467. The lowest BCUT2D eigenvalue weighted by molar-refractivity contribution is 0.102. The minimum Gasteiger partial charge on any atom is -0.497 e. The highest BCUT2D eigenvalue weighted by Crippen LogP contribution is 2.23. The molecule has 1 amide bonds. The molecule has 6 heteroatoms. The highest BCUT2D eigenvalue weighted by Gasteiger charge is 2.17. The van der Waals surface area contributed by atoms with Crippen molar-refractivity contribution in [1.82, 2.24) is 9.55 Å². The molecule has 3 rings (SSSR count). The Kier molecular flexibility index (Phi) is 4.86. The van der Waals surface area contributed by atoms with E-state index in [1.54, 1.807) is 19.4 Å². The van der Waals surface area contributed by atoms with Crippen LogP contribution in [0.5, 0.6) is 5.75 Å². The van der Waals surface area contributed by atoms with Gasteiger partial charge in [-0.05, 0) is 30.5 Å². The molecule has 0 aliphatic heterocycles. The fourth-order valence-corrected chi connectivity index (χ4v) is 2.91. The maximum absolute atomic E-state index is 12.7. The van der Waals surface area contributed by atoms with Crippen molar-refractivity contribution < 1.29 is 9.53 Å². The summed E-state index contributed by atoms with van der Waals surface area (Å²) in [5.41, 5.74) is 2.05. The summed E-state index contributed by atoms with van der Waals surface area (Å²) < 4.78 is 7.03. The van der Waals surface area contributed by atoms with Crippen LogP contribution in [0, 0.1) is 0 Å². The minimum atomic E-state index is -0.222. The molecule has 3 aromatic rings. The van der Waals surface area contributed by atoms with E-state index < -0.39 is 0 Å². The topological polar surface area (TPSA) is 56.1 Å². The van der Waals surface area contributed by atoms with E-state index in [-0.39, 0.29) is 5.91 Å². The van der Waals surface area contributed by atoms with Crippen molar-refractivity contribution in [2.45, 2.75) is 5.16 Å². The number of carbonyl (C=O) groups is 1. The van der Waals surface area contributed by atoms with Gasteiger partial charge in [-0.2, -0.15) is 0 Å². The first-order chi connectivity index (χ1) is 11.7. The average Bonchev–Trinajstić information content (AvgIpc) is 3.07. The zero-order chi connectivity index (χ0) is 16.9. The molecular weight excluding hydrogens is 322 g/mol. The van der Waals surface area contributed by atoms with Gasteiger partial charge in [-0.15, -0.1) is 0 Å². The SMILES string of the molecule is COc1cccc(NC(=O)c2cnc(SC)n2-c2ccccc2)c1.